The number of sulfone groups is 1. The second-order valence-electron chi connectivity index (χ2n) is 9.56. The first-order valence-corrected chi connectivity index (χ1v) is 14.1. The van der Waals surface area contributed by atoms with Gasteiger partial charge in [0.05, 0.1) is 17.0 Å². The molecule has 0 bridgehead atoms. The predicted molar refractivity (Wildman–Crippen MR) is 144 cm³/mol. The quantitative estimate of drug-likeness (QED) is 0.407. The number of anilines is 3. The van der Waals surface area contributed by atoms with Crippen LogP contribution in [0.1, 0.15) is 23.2 Å². The first kappa shape index (κ1) is 22.7. The number of carbonyl (C=O) groups excluding carboxylic acids is 1. The van der Waals surface area contributed by atoms with Crippen molar-refractivity contribution >= 4 is 43.7 Å². The zero-order chi connectivity index (χ0) is 24.7. The van der Waals surface area contributed by atoms with Gasteiger partial charge in [0.2, 0.25) is 0 Å². The minimum Gasteiger partial charge on any atom is -0.369 e. The van der Waals surface area contributed by atoms with E-state index in [1.165, 1.54) is 0 Å². The van der Waals surface area contributed by atoms with Crippen molar-refractivity contribution in [3.63, 3.8) is 0 Å². The highest BCUT2D eigenvalue weighted by atomic mass is 32.2. The Balaban J connectivity index is 1.14. The second-order valence-corrected chi connectivity index (χ2v) is 11.9. The average molecular weight is 501 g/mol. The summed E-state index contributed by atoms with van der Waals surface area (Å²) in [5.41, 5.74) is 5.79. The molecule has 2 heterocycles. The fourth-order valence-electron chi connectivity index (χ4n) is 4.61. The van der Waals surface area contributed by atoms with Crippen LogP contribution in [-0.4, -0.2) is 49.5 Å². The van der Waals surface area contributed by atoms with Gasteiger partial charge in [-0.1, -0.05) is 0 Å². The highest BCUT2D eigenvalue weighted by Gasteiger charge is 2.24. The van der Waals surface area contributed by atoms with Crippen molar-refractivity contribution in [2.24, 2.45) is 0 Å². The molecule has 1 aliphatic heterocycles. The molecule has 1 aliphatic carbocycles. The molecule has 2 fully saturated rings. The average Bonchev–Trinajstić information content (AvgIpc) is 3.60. The van der Waals surface area contributed by atoms with Gasteiger partial charge in [-0.2, -0.15) is 0 Å². The number of hydrogen-bond acceptors (Lipinski definition) is 5. The molecule has 1 saturated heterocycles. The molecule has 184 valence electrons. The zero-order valence-corrected chi connectivity index (χ0v) is 20.7. The van der Waals surface area contributed by atoms with Crippen molar-refractivity contribution in [3.8, 4) is 5.69 Å². The molecule has 1 aromatic heterocycles. The van der Waals surface area contributed by atoms with Crippen molar-refractivity contribution in [1.82, 2.24) is 9.88 Å². The summed E-state index contributed by atoms with van der Waals surface area (Å²) >= 11 is 0. The summed E-state index contributed by atoms with van der Waals surface area (Å²) in [7, 11) is -2.89. The molecule has 2 N–H and O–H groups in total. The molecule has 2 aliphatic rings. The van der Waals surface area contributed by atoms with Crippen molar-refractivity contribution in [2.75, 3.05) is 34.8 Å². The molecule has 0 atom stereocenters. The number of benzene rings is 3. The highest BCUT2D eigenvalue weighted by Crippen LogP contribution is 2.27. The SMILES string of the molecule is O=C(NC1CC1)c1ccc(-n2ccc3cc(Nc4ccc(N5CCS(=O)(=O)CC5)cc4)ccc32)cc1. The van der Waals surface area contributed by atoms with Crippen molar-refractivity contribution in [2.45, 2.75) is 18.9 Å². The van der Waals surface area contributed by atoms with E-state index in [2.05, 4.69) is 44.4 Å². The molecule has 4 aromatic rings. The molecular formula is C28H28N4O3S. The van der Waals surface area contributed by atoms with E-state index in [4.69, 9.17) is 0 Å². The lowest BCUT2D eigenvalue weighted by Gasteiger charge is -2.28. The van der Waals surface area contributed by atoms with Crippen LogP contribution in [0.4, 0.5) is 17.1 Å². The van der Waals surface area contributed by atoms with Gasteiger partial charge in [-0.3, -0.25) is 4.79 Å². The lowest BCUT2D eigenvalue weighted by Crippen LogP contribution is -2.40. The van der Waals surface area contributed by atoms with Crippen LogP contribution in [0, 0.1) is 0 Å². The van der Waals surface area contributed by atoms with Gasteiger partial charge in [0.15, 0.2) is 9.84 Å². The number of hydrogen-bond donors (Lipinski definition) is 2. The minimum atomic E-state index is -2.89. The number of aromatic nitrogens is 1. The third kappa shape index (κ3) is 4.81. The Bertz CT molecular complexity index is 1510. The van der Waals surface area contributed by atoms with Crippen LogP contribution in [-0.2, 0) is 9.84 Å². The first-order chi connectivity index (χ1) is 17.4. The third-order valence-electron chi connectivity index (χ3n) is 6.88. The standard InChI is InChI=1S/C28H28N4O3S/c33-28(30-23-3-4-23)20-1-8-26(9-2-20)32-14-13-21-19-24(7-12-27(21)32)29-22-5-10-25(11-6-22)31-15-17-36(34,35)18-16-31/h1-2,5-14,19,23,29H,3-4,15-18H2,(H,30,33). The lowest BCUT2D eigenvalue weighted by atomic mass is 10.2. The summed E-state index contributed by atoms with van der Waals surface area (Å²) in [5, 5.41) is 7.60. The number of amides is 1. The van der Waals surface area contributed by atoms with Crippen molar-refractivity contribution in [1.29, 1.82) is 0 Å². The summed E-state index contributed by atoms with van der Waals surface area (Å²) in [6.45, 7) is 1.08. The van der Waals surface area contributed by atoms with E-state index < -0.39 is 9.84 Å². The van der Waals surface area contributed by atoms with Gasteiger partial charge in [-0.25, -0.2) is 8.42 Å². The molecule has 0 radical (unpaired) electrons. The Labute approximate surface area is 210 Å². The van der Waals surface area contributed by atoms with E-state index in [9.17, 15) is 13.2 Å². The van der Waals surface area contributed by atoms with Crippen LogP contribution in [0.15, 0.2) is 79.0 Å². The Kier molecular flexibility index (Phi) is 5.68. The van der Waals surface area contributed by atoms with Gasteiger partial charge in [0.1, 0.15) is 0 Å². The summed E-state index contributed by atoms with van der Waals surface area (Å²) in [6.07, 6.45) is 4.20. The van der Waals surface area contributed by atoms with Crippen LogP contribution in [0.2, 0.25) is 0 Å². The van der Waals surface area contributed by atoms with Crippen molar-refractivity contribution < 1.29 is 13.2 Å². The molecule has 6 rings (SSSR count). The Morgan fingerprint density at radius 3 is 2.17 bits per heavy atom. The van der Waals surface area contributed by atoms with Crippen LogP contribution >= 0.6 is 0 Å². The predicted octanol–water partition coefficient (Wildman–Crippen LogP) is 4.50. The highest BCUT2D eigenvalue weighted by molar-refractivity contribution is 7.91. The van der Waals surface area contributed by atoms with Crippen LogP contribution in [0.25, 0.3) is 16.6 Å². The molecule has 36 heavy (non-hydrogen) atoms. The molecule has 0 spiro atoms. The van der Waals surface area contributed by atoms with E-state index in [0.717, 1.165) is 46.5 Å². The summed E-state index contributed by atoms with van der Waals surface area (Å²) in [4.78, 5) is 14.4. The van der Waals surface area contributed by atoms with Gasteiger partial charge < -0.3 is 20.1 Å². The lowest BCUT2D eigenvalue weighted by molar-refractivity contribution is 0.0951. The summed E-state index contributed by atoms with van der Waals surface area (Å²) in [5.74, 6) is 0.424. The smallest absolute Gasteiger partial charge is 0.251 e. The fraction of sp³-hybridized carbons (Fsp3) is 0.250. The molecule has 3 aromatic carbocycles. The zero-order valence-electron chi connectivity index (χ0n) is 19.9. The topological polar surface area (TPSA) is 83.4 Å². The van der Waals surface area contributed by atoms with E-state index in [1.807, 2.05) is 54.7 Å². The Hall–Kier alpha value is -3.78. The minimum absolute atomic E-state index is 0.00552. The van der Waals surface area contributed by atoms with Gasteiger partial charge >= 0.3 is 0 Å². The molecular weight excluding hydrogens is 472 g/mol. The molecule has 1 saturated carbocycles. The second kappa shape index (κ2) is 9.02. The number of rotatable bonds is 6. The third-order valence-corrected chi connectivity index (χ3v) is 8.49. The van der Waals surface area contributed by atoms with Gasteiger partial charge in [-0.05, 0) is 85.6 Å². The molecule has 0 unspecified atom stereocenters. The summed E-state index contributed by atoms with van der Waals surface area (Å²) < 4.78 is 25.5. The van der Waals surface area contributed by atoms with E-state index in [-0.39, 0.29) is 17.4 Å². The van der Waals surface area contributed by atoms with Gasteiger partial charge in [0.25, 0.3) is 5.91 Å². The van der Waals surface area contributed by atoms with Gasteiger partial charge in [-0.15, -0.1) is 0 Å². The summed E-state index contributed by atoms with van der Waals surface area (Å²) in [6, 6.07) is 24.5. The van der Waals surface area contributed by atoms with E-state index in [0.29, 0.717) is 24.7 Å². The van der Waals surface area contributed by atoms with Crippen LogP contribution < -0.4 is 15.5 Å². The van der Waals surface area contributed by atoms with Crippen molar-refractivity contribution in [3.05, 3.63) is 84.6 Å². The molecule has 8 heteroatoms. The van der Waals surface area contributed by atoms with E-state index in [1.54, 1.807) is 0 Å². The van der Waals surface area contributed by atoms with Crippen LogP contribution in [0.5, 0.6) is 0 Å². The monoisotopic (exact) mass is 500 g/mol. The maximum atomic E-state index is 12.3. The normalized spacial score (nSPS) is 17.2. The number of fused-ring (bicyclic) bond motifs is 1. The fourth-order valence-corrected chi connectivity index (χ4v) is 5.81. The molecule has 1 amide bonds. The van der Waals surface area contributed by atoms with Crippen LogP contribution in [0.3, 0.4) is 0 Å². The van der Waals surface area contributed by atoms with Gasteiger partial charge in [0, 0.05) is 59.0 Å². The maximum Gasteiger partial charge on any atom is 0.251 e. The van der Waals surface area contributed by atoms with E-state index >= 15 is 0 Å². The largest absolute Gasteiger partial charge is 0.369 e. The number of nitrogens with one attached hydrogen (secondary N) is 2. The Morgan fingerprint density at radius 1 is 0.806 bits per heavy atom. The number of carbonyl (C=O) groups is 1. The Morgan fingerprint density at radius 2 is 1.47 bits per heavy atom. The first-order valence-electron chi connectivity index (χ1n) is 12.3. The number of nitrogens with zero attached hydrogens (tertiary/aromatic N) is 2. The molecule has 7 nitrogen and oxygen atoms in total. The maximum absolute atomic E-state index is 12.3.